The van der Waals surface area contributed by atoms with Gasteiger partial charge in [0.2, 0.25) is 11.8 Å². The maximum Gasteiger partial charge on any atom is 0.360 e. The van der Waals surface area contributed by atoms with Crippen molar-refractivity contribution in [2.24, 2.45) is 0 Å². The lowest BCUT2D eigenvalue weighted by Crippen LogP contribution is -2.33. The second-order valence-corrected chi connectivity index (χ2v) is 8.49. The summed E-state index contributed by atoms with van der Waals surface area (Å²) in [6, 6.07) is 1.77. The van der Waals surface area contributed by atoms with E-state index in [-0.39, 0.29) is 17.2 Å². The summed E-state index contributed by atoms with van der Waals surface area (Å²) in [7, 11) is 1.62. The van der Waals surface area contributed by atoms with Crippen LogP contribution in [0.15, 0.2) is 22.9 Å². The van der Waals surface area contributed by atoms with Gasteiger partial charge in [-0.05, 0) is 45.4 Å². The summed E-state index contributed by atoms with van der Waals surface area (Å²) in [5.74, 6) is 1.97. The first-order valence-electron chi connectivity index (χ1n) is 11.2. The number of carbonyl (C=O) groups is 1. The van der Waals surface area contributed by atoms with Crippen LogP contribution in [0.1, 0.15) is 86.4 Å². The van der Waals surface area contributed by atoms with Crippen molar-refractivity contribution in [3.8, 4) is 5.88 Å². The maximum absolute atomic E-state index is 12.0. The molecule has 0 bridgehead atoms. The predicted octanol–water partition coefficient (Wildman–Crippen LogP) is 4.20. The third kappa shape index (κ3) is 4.89. The van der Waals surface area contributed by atoms with Crippen LogP contribution in [0.2, 0.25) is 0 Å². The zero-order valence-corrected chi connectivity index (χ0v) is 18.3. The highest BCUT2D eigenvalue weighted by atomic mass is 16.5. The van der Waals surface area contributed by atoms with Crippen LogP contribution in [0, 0.1) is 0 Å². The van der Waals surface area contributed by atoms with E-state index in [0.717, 1.165) is 57.2 Å². The summed E-state index contributed by atoms with van der Waals surface area (Å²) >= 11 is 0. The summed E-state index contributed by atoms with van der Waals surface area (Å²) in [6.45, 7) is 2.67. The third-order valence-electron chi connectivity index (χ3n) is 6.50. The fourth-order valence-corrected chi connectivity index (χ4v) is 4.72. The van der Waals surface area contributed by atoms with E-state index in [2.05, 4.69) is 15.0 Å². The van der Waals surface area contributed by atoms with E-state index in [1.807, 2.05) is 0 Å². The van der Waals surface area contributed by atoms with Crippen molar-refractivity contribution < 1.29 is 23.4 Å². The zero-order valence-electron chi connectivity index (χ0n) is 18.3. The number of hydrogen-bond acceptors (Lipinski definition) is 8. The van der Waals surface area contributed by atoms with Crippen LogP contribution in [0.3, 0.4) is 0 Å². The summed E-state index contributed by atoms with van der Waals surface area (Å²) in [5.41, 5.74) is -0.0146. The van der Waals surface area contributed by atoms with E-state index < -0.39 is 5.97 Å². The number of rotatable bonds is 8. The largest absolute Gasteiger partial charge is 0.481 e. The molecular formula is C23H31N3O5. The Morgan fingerprint density at radius 3 is 2.68 bits per heavy atom. The van der Waals surface area contributed by atoms with Gasteiger partial charge in [0.1, 0.15) is 12.1 Å². The third-order valence-corrected chi connectivity index (χ3v) is 6.50. The molecule has 8 nitrogen and oxygen atoms in total. The molecule has 2 aliphatic carbocycles. The highest BCUT2D eigenvalue weighted by molar-refractivity contribution is 5.86. The average Bonchev–Trinajstić information content (AvgIpc) is 3.49. The molecule has 0 aliphatic heterocycles. The van der Waals surface area contributed by atoms with Crippen molar-refractivity contribution in [2.75, 3.05) is 20.3 Å². The van der Waals surface area contributed by atoms with Gasteiger partial charge in [0.15, 0.2) is 5.69 Å². The van der Waals surface area contributed by atoms with Gasteiger partial charge in [0.25, 0.3) is 0 Å². The summed E-state index contributed by atoms with van der Waals surface area (Å²) in [5, 5.41) is 0. The first kappa shape index (κ1) is 21.7. The van der Waals surface area contributed by atoms with Gasteiger partial charge in [0, 0.05) is 18.2 Å². The normalized spacial score (nSPS) is 22.9. The zero-order chi connectivity index (χ0) is 21.7. The van der Waals surface area contributed by atoms with Gasteiger partial charge in [-0.2, -0.15) is 4.98 Å². The van der Waals surface area contributed by atoms with E-state index in [0.29, 0.717) is 30.9 Å². The Kier molecular flexibility index (Phi) is 6.85. The lowest BCUT2D eigenvalue weighted by Gasteiger charge is -2.32. The topological polar surface area (TPSA) is 96.6 Å². The van der Waals surface area contributed by atoms with Gasteiger partial charge in [-0.25, -0.2) is 14.8 Å². The van der Waals surface area contributed by atoms with Crippen LogP contribution in [-0.2, 0) is 14.9 Å². The summed E-state index contributed by atoms with van der Waals surface area (Å²) in [4.78, 5) is 25.4. The van der Waals surface area contributed by atoms with Crippen molar-refractivity contribution in [3.63, 3.8) is 0 Å². The van der Waals surface area contributed by atoms with Crippen molar-refractivity contribution in [2.45, 2.75) is 75.7 Å². The number of aromatic nitrogens is 3. The van der Waals surface area contributed by atoms with E-state index in [1.165, 1.54) is 6.26 Å². The molecule has 0 saturated heterocycles. The number of esters is 1. The van der Waals surface area contributed by atoms with E-state index in [4.69, 9.17) is 18.6 Å². The lowest BCUT2D eigenvalue weighted by atomic mass is 9.85. The number of hydrogen-bond donors (Lipinski definition) is 0. The number of nitrogens with zero attached hydrogens (tertiary/aromatic N) is 3. The van der Waals surface area contributed by atoms with Gasteiger partial charge in [0.05, 0.1) is 31.8 Å². The second-order valence-electron chi connectivity index (χ2n) is 8.49. The van der Waals surface area contributed by atoms with Gasteiger partial charge < -0.3 is 18.6 Å². The van der Waals surface area contributed by atoms with Crippen LogP contribution < -0.4 is 4.74 Å². The first-order chi connectivity index (χ1) is 15.1. The van der Waals surface area contributed by atoms with E-state index >= 15 is 0 Å². The molecule has 4 rings (SSSR count). The first-order valence-corrected chi connectivity index (χ1v) is 11.2. The molecule has 0 N–H and O–H groups in total. The molecule has 0 aromatic carbocycles. The second kappa shape index (κ2) is 9.77. The molecule has 31 heavy (non-hydrogen) atoms. The number of ether oxygens (including phenoxy) is 3. The van der Waals surface area contributed by atoms with Crippen LogP contribution in [-0.4, -0.2) is 47.3 Å². The van der Waals surface area contributed by atoms with Crippen molar-refractivity contribution in [1.29, 1.82) is 0 Å². The number of methoxy groups -OCH3 is 1. The molecule has 0 amide bonds. The molecule has 0 spiro atoms. The van der Waals surface area contributed by atoms with E-state index in [9.17, 15) is 4.79 Å². The Bertz CT molecular complexity index is 870. The predicted molar refractivity (Wildman–Crippen MR) is 112 cm³/mol. The summed E-state index contributed by atoms with van der Waals surface area (Å²) < 4.78 is 22.4. The molecule has 2 saturated carbocycles. The fraction of sp³-hybridized carbons (Fsp3) is 0.652. The van der Waals surface area contributed by atoms with Gasteiger partial charge in [-0.15, -0.1) is 0 Å². The van der Waals surface area contributed by atoms with E-state index in [1.54, 1.807) is 26.3 Å². The van der Waals surface area contributed by atoms with Crippen LogP contribution in [0.25, 0.3) is 0 Å². The van der Waals surface area contributed by atoms with Crippen LogP contribution in [0.5, 0.6) is 5.88 Å². The number of oxazole rings is 1. The van der Waals surface area contributed by atoms with Gasteiger partial charge in [-0.1, -0.05) is 12.8 Å². The maximum atomic E-state index is 12.0. The molecule has 2 aromatic rings. The SMILES string of the molecule is CCOC(=O)c1coc(C2(COC3CCC(c4nccc(OC)n4)CC3)CCCC2)n1. The molecule has 2 aromatic heterocycles. The van der Waals surface area contributed by atoms with Crippen molar-refractivity contribution >= 4 is 5.97 Å². The Balaban J connectivity index is 1.35. The highest BCUT2D eigenvalue weighted by Crippen LogP contribution is 2.42. The molecule has 168 valence electrons. The summed E-state index contributed by atoms with van der Waals surface area (Å²) in [6.07, 6.45) is 11.5. The minimum absolute atomic E-state index is 0.207. The highest BCUT2D eigenvalue weighted by Gasteiger charge is 2.42. The molecule has 0 unspecified atom stereocenters. The minimum Gasteiger partial charge on any atom is -0.481 e. The molecule has 0 atom stereocenters. The standard InChI is InChI=1S/C23H31N3O5/c1-3-29-21(27)18-14-30-22(25-18)23(11-4-5-12-23)15-31-17-8-6-16(7-9-17)20-24-13-10-19(26-20)28-2/h10,13-14,16-17H,3-9,11-12,15H2,1-2H3. The molecule has 0 radical (unpaired) electrons. The molecule has 2 fully saturated rings. The minimum atomic E-state index is -0.440. The molecular weight excluding hydrogens is 398 g/mol. The quantitative estimate of drug-likeness (QED) is 0.576. The Morgan fingerprint density at radius 1 is 1.19 bits per heavy atom. The molecule has 2 aliphatic rings. The van der Waals surface area contributed by atoms with Crippen molar-refractivity contribution in [1.82, 2.24) is 15.0 Å². The average molecular weight is 430 g/mol. The molecule has 8 heteroatoms. The Labute approximate surface area is 182 Å². The smallest absolute Gasteiger partial charge is 0.360 e. The van der Waals surface area contributed by atoms with Crippen LogP contribution in [0.4, 0.5) is 0 Å². The monoisotopic (exact) mass is 429 g/mol. The Hall–Kier alpha value is -2.48. The van der Waals surface area contributed by atoms with Gasteiger partial charge >= 0.3 is 5.97 Å². The van der Waals surface area contributed by atoms with Gasteiger partial charge in [-0.3, -0.25) is 0 Å². The Morgan fingerprint density at radius 2 is 1.97 bits per heavy atom. The molecule has 2 heterocycles. The number of carbonyl (C=O) groups excluding carboxylic acids is 1. The lowest BCUT2D eigenvalue weighted by molar-refractivity contribution is -0.0100. The van der Waals surface area contributed by atoms with Crippen LogP contribution >= 0.6 is 0 Å². The fourth-order valence-electron chi connectivity index (χ4n) is 4.72. The van der Waals surface area contributed by atoms with Crippen molar-refractivity contribution in [3.05, 3.63) is 35.9 Å².